The van der Waals surface area contributed by atoms with E-state index in [0.717, 1.165) is 37.8 Å². The molecule has 0 saturated carbocycles. The predicted molar refractivity (Wildman–Crippen MR) is 80.8 cm³/mol. The number of hydrogen-bond donors (Lipinski definition) is 2. The second-order valence-corrected chi connectivity index (χ2v) is 4.85. The van der Waals surface area contributed by atoms with Gasteiger partial charge in [0.2, 0.25) is 0 Å². The van der Waals surface area contributed by atoms with E-state index < -0.39 is 18.1 Å². The molecule has 1 aromatic carbocycles. The molecule has 0 fully saturated rings. The number of rotatable bonds is 8. The number of amides is 2. The van der Waals surface area contributed by atoms with Gasteiger partial charge in [0.05, 0.1) is 12.8 Å². The number of carbonyl (C=O) groups is 1. The van der Waals surface area contributed by atoms with Crippen molar-refractivity contribution in [3.8, 4) is 11.5 Å². The van der Waals surface area contributed by atoms with Crippen molar-refractivity contribution < 1.29 is 27.4 Å². The highest BCUT2D eigenvalue weighted by atomic mass is 19.4. The van der Waals surface area contributed by atoms with Gasteiger partial charge in [-0.2, -0.15) is 0 Å². The first-order chi connectivity index (χ1) is 10.9. The van der Waals surface area contributed by atoms with Gasteiger partial charge in [0, 0.05) is 12.6 Å². The van der Waals surface area contributed by atoms with E-state index in [9.17, 15) is 18.0 Å². The number of hydrogen-bond acceptors (Lipinski definition) is 3. The van der Waals surface area contributed by atoms with E-state index in [0.29, 0.717) is 6.54 Å². The summed E-state index contributed by atoms with van der Waals surface area (Å²) in [6, 6.07) is 2.95. The Kier molecular flexibility index (Phi) is 7.50. The van der Waals surface area contributed by atoms with Gasteiger partial charge in [-0.3, -0.25) is 0 Å². The van der Waals surface area contributed by atoms with E-state index in [2.05, 4.69) is 22.3 Å². The van der Waals surface area contributed by atoms with E-state index in [1.807, 2.05) is 0 Å². The largest absolute Gasteiger partial charge is 0.573 e. The second-order valence-electron chi connectivity index (χ2n) is 4.85. The Labute approximate surface area is 133 Å². The lowest BCUT2D eigenvalue weighted by Crippen LogP contribution is -2.29. The average Bonchev–Trinajstić information content (AvgIpc) is 2.45. The maximum Gasteiger partial charge on any atom is 0.573 e. The summed E-state index contributed by atoms with van der Waals surface area (Å²) in [5.74, 6) is -0.197. The maximum atomic E-state index is 12.2. The summed E-state index contributed by atoms with van der Waals surface area (Å²) in [7, 11) is 1.35. The number of carbonyl (C=O) groups excluding carboxylic acids is 1. The van der Waals surface area contributed by atoms with Gasteiger partial charge in [0.15, 0.2) is 0 Å². The Bertz CT molecular complexity index is 507. The van der Waals surface area contributed by atoms with Gasteiger partial charge in [-0.15, -0.1) is 13.2 Å². The Morgan fingerprint density at radius 1 is 1.22 bits per heavy atom. The Morgan fingerprint density at radius 2 is 1.96 bits per heavy atom. The van der Waals surface area contributed by atoms with Crippen molar-refractivity contribution in [2.75, 3.05) is 19.0 Å². The first kappa shape index (κ1) is 18.9. The molecule has 0 aromatic heterocycles. The van der Waals surface area contributed by atoms with E-state index in [1.54, 1.807) is 0 Å². The smallest absolute Gasteiger partial charge is 0.495 e. The lowest BCUT2D eigenvalue weighted by atomic mass is 10.2. The van der Waals surface area contributed by atoms with Gasteiger partial charge in [-0.25, -0.2) is 4.79 Å². The molecule has 1 rings (SSSR count). The van der Waals surface area contributed by atoms with Crippen LogP contribution in [0.3, 0.4) is 0 Å². The first-order valence-corrected chi connectivity index (χ1v) is 7.34. The molecular formula is C15H21F3N2O3. The van der Waals surface area contributed by atoms with Crippen LogP contribution in [-0.2, 0) is 0 Å². The Morgan fingerprint density at radius 3 is 2.57 bits per heavy atom. The number of urea groups is 1. The number of benzene rings is 1. The molecule has 0 saturated heterocycles. The number of ether oxygens (including phenoxy) is 2. The number of alkyl halides is 3. The minimum Gasteiger partial charge on any atom is -0.495 e. The second kappa shape index (κ2) is 9.12. The molecule has 0 radical (unpaired) electrons. The Hall–Kier alpha value is -2.12. The maximum absolute atomic E-state index is 12.2. The third-order valence-electron chi connectivity index (χ3n) is 2.97. The van der Waals surface area contributed by atoms with Gasteiger partial charge >= 0.3 is 12.4 Å². The molecule has 0 heterocycles. The van der Waals surface area contributed by atoms with Crippen LogP contribution in [0, 0.1) is 0 Å². The lowest BCUT2D eigenvalue weighted by molar-refractivity contribution is -0.274. The highest BCUT2D eigenvalue weighted by molar-refractivity contribution is 5.91. The van der Waals surface area contributed by atoms with Gasteiger partial charge < -0.3 is 20.1 Å². The SMILES string of the molecule is CCCCCCNC(=O)Nc1cc(OC(F)(F)F)ccc1OC. The topological polar surface area (TPSA) is 59.6 Å². The summed E-state index contributed by atoms with van der Waals surface area (Å²) >= 11 is 0. The first-order valence-electron chi connectivity index (χ1n) is 7.34. The van der Waals surface area contributed by atoms with Gasteiger partial charge in [0.25, 0.3) is 0 Å². The number of unbranched alkanes of at least 4 members (excludes halogenated alkanes) is 3. The predicted octanol–water partition coefficient (Wildman–Crippen LogP) is 4.30. The fourth-order valence-corrected chi connectivity index (χ4v) is 1.90. The summed E-state index contributed by atoms with van der Waals surface area (Å²) in [6.45, 7) is 2.58. The van der Waals surface area contributed by atoms with Gasteiger partial charge in [0.1, 0.15) is 11.5 Å². The van der Waals surface area contributed by atoms with Crippen LogP contribution < -0.4 is 20.1 Å². The van der Waals surface area contributed by atoms with Crippen LogP contribution >= 0.6 is 0 Å². The number of nitrogens with one attached hydrogen (secondary N) is 2. The molecule has 0 spiro atoms. The molecule has 0 aliphatic heterocycles. The summed E-state index contributed by atoms with van der Waals surface area (Å²) in [5.41, 5.74) is 0.0975. The zero-order valence-electron chi connectivity index (χ0n) is 13.1. The monoisotopic (exact) mass is 334 g/mol. The van der Waals surface area contributed by atoms with Crippen LogP contribution in [0.4, 0.5) is 23.7 Å². The highest BCUT2D eigenvalue weighted by Gasteiger charge is 2.31. The summed E-state index contributed by atoms with van der Waals surface area (Å²) in [4.78, 5) is 11.8. The fraction of sp³-hybridized carbons (Fsp3) is 0.533. The third-order valence-corrected chi connectivity index (χ3v) is 2.97. The highest BCUT2D eigenvalue weighted by Crippen LogP contribution is 2.31. The lowest BCUT2D eigenvalue weighted by Gasteiger charge is -2.14. The number of methoxy groups -OCH3 is 1. The van der Waals surface area contributed by atoms with E-state index >= 15 is 0 Å². The molecule has 5 nitrogen and oxygen atoms in total. The molecule has 8 heteroatoms. The van der Waals surface area contributed by atoms with Crippen molar-refractivity contribution in [3.63, 3.8) is 0 Å². The average molecular weight is 334 g/mol. The van der Waals surface area contributed by atoms with Crippen LogP contribution in [0.5, 0.6) is 11.5 Å². The molecule has 130 valence electrons. The third kappa shape index (κ3) is 7.62. The molecule has 0 aliphatic rings. The van der Waals surface area contributed by atoms with Crippen molar-refractivity contribution in [1.82, 2.24) is 5.32 Å². The Balaban J connectivity index is 2.62. The van der Waals surface area contributed by atoms with Gasteiger partial charge in [-0.1, -0.05) is 26.2 Å². The van der Waals surface area contributed by atoms with Crippen LogP contribution in [0.25, 0.3) is 0 Å². The van der Waals surface area contributed by atoms with E-state index in [-0.39, 0.29) is 11.4 Å². The summed E-state index contributed by atoms with van der Waals surface area (Å²) < 4.78 is 45.5. The summed E-state index contributed by atoms with van der Waals surface area (Å²) in [6.07, 6.45) is -0.763. The fourth-order valence-electron chi connectivity index (χ4n) is 1.90. The zero-order valence-corrected chi connectivity index (χ0v) is 13.1. The molecule has 2 N–H and O–H groups in total. The number of anilines is 1. The van der Waals surface area contributed by atoms with Crippen molar-refractivity contribution in [3.05, 3.63) is 18.2 Å². The molecular weight excluding hydrogens is 313 g/mol. The number of halogens is 3. The van der Waals surface area contributed by atoms with Crippen LogP contribution in [0.15, 0.2) is 18.2 Å². The van der Waals surface area contributed by atoms with Crippen LogP contribution in [0.1, 0.15) is 32.6 Å². The van der Waals surface area contributed by atoms with Crippen molar-refractivity contribution in [1.29, 1.82) is 0 Å². The molecule has 0 bridgehead atoms. The van der Waals surface area contributed by atoms with Crippen molar-refractivity contribution in [2.45, 2.75) is 39.0 Å². The standard InChI is InChI=1S/C15H21F3N2O3/c1-3-4-5-6-9-19-14(21)20-12-10-11(23-15(16,17)18)7-8-13(12)22-2/h7-8,10H,3-6,9H2,1-2H3,(H2,19,20,21). The molecule has 0 unspecified atom stereocenters. The van der Waals surface area contributed by atoms with Crippen molar-refractivity contribution in [2.24, 2.45) is 0 Å². The molecule has 23 heavy (non-hydrogen) atoms. The minimum atomic E-state index is -4.80. The van der Waals surface area contributed by atoms with E-state index in [1.165, 1.54) is 13.2 Å². The van der Waals surface area contributed by atoms with Crippen molar-refractivity contribution >= 4 is 11.7 Å². The minimum absolute atomic E-state index is 0.0975. The molecule has 2 amide bonds. The molecule has 0 aliphatic carbocycles. The molecule has 1 aromatic rings. The summed E-state index contributed by atoms with van der Waals surface area (Å²) in [5, 5.41) is 5.10. The van der Waals surface area contributed by atoms with Crippen LogP contribution in [-0.4, -0.2) is 26.0 Å². The van der Waals surface area contributed by atoms with E-state index in [4.69, 9.17) is 4.74 Å². The zero-order chi connectivity index (χ0) is 17.3. The molecule has 0 atom stereocenters. The van der Waals surface area contributed by atoms with Gasteiger partial charge in [-0.05, 0) is 18.6 Å². The quantitative estimate of drug-likeness (QED) is 0.697. The van der Waals surface area contributed by atoms with Crippen LogP contribution in [0.2, 0.25) is 0 Å². The normalized spacial score (nSPS) is 11.0.